The van der Waals surface area contributed by atoms with E-state index in [1.165, 1.54) is 25.7 Å². The van der Waals surface area contributed by atoms with Gasteiger partial charge >= 0.3 is 0 Å². The van der Waals surface area contributed by atoms with Crippen molar-refractivity contribution in [3.63, 3.8) is 0 Å². The van der Waals surface area contributed by atoms with E-state index in [1.807, 2.05) is 0 Å². The number of rotatable bonds is 9. The van der Waals surface area contributed by atoms with Gasteiger partial charge in [-0.15, -0.1) is 0 Å². The summed E-state index contributed by atoms with van der Waals surface area (Å²) < 4.78 is 5.97. The fourth-order valence-corrected chi connectivity index (χ4v) is 3.64. The van der Waals surface area contributed by atoms with Gasteiger partial charge in [0.15, 0.2) is 5.96 Å². The quantitative estimate of drug-likeness (QED) is 0.450. The number of nitrogens with one attached hydrogen (secondary N) is 2. The van der Waals surface area contributed by atoms with Gasteiger partial charge < -0.3 is 20.5 Å². The predicted octanol–water partition coefficient (Wildman–Crippen LogP) is 2.44. The number of aliphatic hydroxyl groups is 1. The van der Waals surface area contributed by atoms with Crippen molar-refractivity contribution >= 4 is 5.96 Å². The summed E-state index contributed by atoms with van der Waals surface area (Å²) in [5, 5.41) is 16.8. The highest BCUT2D eigenvalue weighted by Crippen LogP contribution is 2.32. The van der Waals surface area contributed by atoms with Crippen LogP contribution in [-0.4, -0.2) is 49.0 Å². The van der Waals surface area contributed by atoms with Gasteiger partial charge in [0.1, 0.15) is 0 Å². The van der Waals surface area contributed by atoms with Crippen molar-refractivity contribution < 1.29 is 9.84 Å². The van der Waals surface area contributed by atoms with Gasteiger partial charge in [0.05, 0.1) is 18.2 Å². The van der Waals surface area contributed by atoms with Gasteiger partial charge in [0.25, 0.3) is 0 Å². The maximum atomic E-state index is 10.2. The number of guanidine groups is 1. The highest BCUT2D eigenvalue weighted by Gasteiger charge is 2.34. The second-order valence-corrected chi connectivity index (χ2v) is 7.03. The highest BCUT2D eigenvalue weighted by molar-refractivity contribution is 5.79. The Bertz CT molecular complexity index is 363. The van der Waals surface area contributed by atoms with E-state index in [4.69, 9.17) is 4.74 Å². The third-order valence-corrected chi connectivity index (χ3v) is 5.19. The van der Waals surface area contributed by atoms with Gasteiger partial charge in [-0.25, -0.2) is 0 Å². The molecule has 0 aromatic heterocycles. The summed E-state index contributed by atoms with van der Waals surface area (Å²) >= 11 is 0. The molecule has 2 saturated carbocycles. The number of hydrogen-bond donors (Lipinski definition) is 3. The third kappa shape index (κ3) is 5.96. The van der Waals surface area contributed by atoms with Crippen LogP contribution in [-0.2, 0) is 4.74 Å². The van der Waals surface area contributed by atoms with E-state index >= 15 is 0 Å². The summed E-state index contributed by atoms with van der Waals surface area (Å²) in [5.41, 5.74) is -0.556. The molecule has 0 bridgehead atoms. The molecule has 23 heavy (non-hydrogen) atoms. The Balaban J connectivity index is 1.76. The van der Waals surface area contributed by atoms with E-state index in [1.54, 1.807) is 0 Å². The Labute approximate surface area is 141 Å². The Morgan fingerprint density at radius 3 is 2.52 bits per heavy atom. The van der Waals surface area contributed by atoms with Gasteiger partial charge in [-0.1, -0.05) is 12.8 Å². The Hall–Kier alpha value is -0.810. The number of nitrogens with zero attached hydrogens (tertiary/aromatic N) is 1. The van der Waals surface area contributed by atoms with Gasteiger partial charge in [0, 0.05) is 19.7 Å². The summed E-state index contributed by atoms with van der Waals surface area (Å²) in [6.07, 6.45) is 9.59. The van der Waals surface area contributed by atoms with Crippen LogP contribution in [0.1, 0.15) is 65.2 Å². The molecule has 1 atom stereocenters. The van der Waals surface area contributed by atoms with Crippen LogP contribution in [0, 0.1) is 5.92 Å². The zero-order valence-corrected chi connectivity index (χ0v) is 14.9. The van der Waals surface area contributed by atoms with Crippen LogP contribution in [0.5, 0.6) is 0 Å². The van der Waals surface area contributed by atoms with E-state index < -0.39 is 5.60 Å². The van der Waals surface area contributed by atoms with Crippen LogP contribution in [0.2, 0.25) is 0 Å². The Kier molecular flexibility index (Phi) is 7.63. The first kappa shape index (κ1) is 18.5. The van der Waals surface area contributed by atoms with Crippen LogP contribution in [0.4, 0.5) is 0 Å². The van der Waals surface area contributed by atoms with Crippen LogP contribution >= 0.6 is 0 Å². The molecule has 2 rings (SSSR count). The van der Waals surface area contributed by atoms with Gasteiger partial charge in [-0.2, -0.15) is 0 Å². The molecule has 2 fully saturated rings. The second-order valence-electron chi connectivity index (χ2n) is 7.03. The zero-order valence-electron chi connectivity index (χ0n) is 14.9. The van der Waals surface area contributed by atoms with Crippen LogP contribution in [0.25, 0.3) is 0 Å². The van der Waals surface area contributed by atoms with Gasteiger partial charge in [-0.05, 0) is 58.3 Å². The third-order valence-electron chi connectivity index (χ3n) is 5.19. The molecular weight excluding hydrogens is 290 g/mol. The fourth-order valence-electron chi connectivity index (χ4n) is 3.64. The monoisotopic (exact) mass is 325 g/mol. The second kappa shape index (κ2) is 9.48. The van der Waals surface area contributed by atoms with Gasteiger partial charge in [0.2, 0.25) is 0 Å². The molecule has 5 nitrogen and oxygen atoms in total. The first-order chi connectivity index (χ1) is 11.2. The number of hydrogen-bond acceptors (Lipinski definition) is 3. The molecule has 2 aliphatic carbocycles. The van der Waals surface area contributed by atoms with Gasteiger partial charge in [-0.3, -0.25) is 4.99 Å². The molecular formula is C18H35N3O2. The lowest BCUT2D eigenvalue weighted by atomic mass is 9.80. The topological polar surface area (TPSA) is 65.9 Å². The molecule has 0 saturated heterocycles. The standard InChI is InChI=1S/C18H35N3O2/c1-3-19-17(21-14-18(22)11-7-12-18)20-13-10-16(23-4-2)15-8-5-6-9-15/h15-16,22H,3-14H2,1-2H3,(H2,19,20,21). The molecule has 0 radical (unpaired) electrons. The maximum Gasteiger partial charge on any atom is 0.191 e. The molecule has 0 spiro atoms. The summed E-state index contributed by atoms with van der Waals surface area (Å²) in [6, 6.07) is 0. The van der Waals surface area contributed by atoms with Crippen molar-refractivity contribution in [3.8, 4) is 0 Å². The van der Waals surface area contributed by atoms with Crippen LogP contribution in [0.3, 0.4) is 0 Å². The minimum absolute atomic E-state index is 0.369. The largest absolute Gasteiger partial charge is 0.388 e. The fraction of sp³-hybridized carbons (Fsp3) is 0.944. The molecule has 1 unspecified atom stereocenters. The van der Waals surface area contributed by atoms with Crippen molar-refractivity contribution in [2.24, 2.45) is 10.9 Å². The van der Waals surface area contributed by atoms with E-state index in [0.29, 0.717) is 12.6 Å². The minimum atomic E-state index is -0.556. The lowest BCUT2D eigenvalue weighted by molar-refractivity contribution is -0.0236. The maximum absolute atomic E-state index is 10.2. The summed E-state index contributed by atoms with van der Waals surface area (Å²) in [4.78, 5) is 4.55. The lowest BCUT2D eigenvalue weighted by Crippen LogP contribution is -2.43. The van der Waals surface area contributed by atoms with E-state index in [9.17, 15) is 5.11 Å². The first-order valence-corrected chi connectivity index (χ1v) is 9.53. The van der Waals surface area contributed by atoms with E-state index in [-0.39, 0.29) is 0 Å². The molecule has 3 N–H and O–H groups in total. The smallest absolute Gasteiger partial charge is 0.191 e. The summed E-state index contributed by atoms with van der Waals surface area (Å²) in [7, 11) is 0. The van der Waals surface area contributed by atoms with E-state index in [0.717, 1.165) is 57.3 Å². The number of ether oxygens (including phenoxy) is 1. The average molecular weight is 325 g/mol. The highest BCUT2D eigenvalue weighted by atomic mass is 16.5. The van der Waals surface area contributed by atoms with Crippen molar-refractivity contribution in [3.05, 3.63) is 0 Å². The lowest BCUT2D eigenvalue weighted by Gasteiger charge is -2.35. The SMILES string of the molecule is CCNC(=NCC1(O)CCC1)NCCC(OCC)C1CCCC1. The normalized spacial score (nSPS) is 22.7. The first-order valence-electron chi connectivity index (χ1n) is 9.53. The predicted molar refractivity (Wildman–Crippen MR) is 94.8 cm³/mol. The van der Waals surface area contributed by atoms with Crippen molar-refractivity contribution in [1.29, 1.82) is 0 Å². The van der Waals surface area contributed by atoms with Crippen LogP contribution < -0.4 is 10.6 Å². The van der Waals surface area contributed by atoms with Crippen molar-refractivity contribution in [2.75, 3.05) is 26.2 Å². The Morgan fingerprint density at radius 1 is 1.22 bits per heavy atom. The molecule has 0 aromatic rings. The van der Waals surface area contributed by atoms with Crippen molar-refractivity contribution in [2.45, 2.75) is 76.9 Å². The van der Waals surface area contributed by atoms with E-state index in [2.05, 4.69) is 29.5 Å². The van der Waals surface area contributed by atoms with Crippen molar-refractivity contribution in [1.82, 2.24) is 10.6 Å². The number of aliphatic imine (C=N–C) groups is 1. The molecule has 134 valence electrons. The molecule has 0 aliphatic heterocycles. The molecule has 2 aliphatic rings. The average Bonchev–Trinajstić information content (AvgIpc) is 3.04. The summed E-state index contributed by atoms with van der Waals surface area (Å²) in [6.45, 7) is 7.15. The zero-order chi connectivity index (χ0) is 16.5. The molecule has 0 heterocycles. The Morgan fingerprint density at radius 2 is 1.96 bits per heavy atom. The molecule has 0 aromatic carbocycles. The summed E-state index contributed by atoms with van der Waals surface area (Å²) in [5.74, 6) is 1.54. The minimum Gasteiger partial charge on any atom is -0.388 e. The molecule has 5 heteroatoms. The van der Waals surface area contributed by atoms with Crippen LogP contribution in [0.15, 0.2) is 4.99 Å². The molecule has 0 amide bonds.